The smallest absolute Gasteiger partial charge is 0.406 e. The van der Waals surface area contributed by atoms with Gasteiger partial charge < -0.3 is 20.3 Å². The molecule has 1 saturated carbocycles. The van der Waals surface area contributed by atoms with Gasteiger partial charge in [0.25, 0.3) is 5.91 Å². The summed E-state index contributed by atoms with van der Waals surface area (Å²) in [6, 6.07) is 18.8. The van der Waals surface area contributed by atoms with Gasteiger partial charge in [0.15, 0.2) is 0 Å². The van der Waals surface area contributed by atoms with Crippen LogP contribution in [0.5, 0.6) is 5.75 Å². The summed E-state index contributed by atoms with van der Waals surface area (Å²) in [7, 11) is 0. The molecule has 2 unspecified atom stereocenters. The molecule has 9 heteroatoms. The first-order valence-corrected chi connectivity index (χ1v) is 12.4. The third-order valence-corrected chi connectivity index (χ3v) is 6.96. The number of carbonyl (C=O) groups excluding carboxylic acids is 2. The summed E-state index contributed by atoms with van der Waals surface area (Å²) >= 11 is 0. The van der Waals surface area contributed by atoms with Gasteiger partial charge in [-0.05, 0) is 66.4 Å². The highest BCUT2D eigenvalue weighted by Crippen LogP contribution is 2.32. The molecule has 1 aliphatic carbocycles. The zero-order valence-electron chi connectivity index (χ0n) is 20.1. The number of nitrogens with zero attached hydrogens (tertiary/aromatic N) is 1. The van der Waals surface area contributed by atoms with E-state index in [1.807, 2.05) is 23.1 Å². The fourth-order valence-electron chi connectivity index (χ4n) is 4.95. The number of halogens is 3. The van der Waals surface area contributed by atoms with E-state index in [1.165, 1.54) is 12.1 Å². The monoisotopic (exact) mass is 511 g/mol. The third-order valence-electron chi connectivity index (χ3n) is 6.96. The molecular formula is C28H28F3N3O3. The predicted molar refractivity (Wildman–Crippen MR) is 133 cm³/mol. The molecule has 37 heavy (non-hydrogen) atoms. The number of ether oxygens (including phenoxy) is 1. The fourth-order valence-corrected chi connectivity index (χ4v) is 4.95. The van der Waals surface area contributed by atoms with Crippen molar-refractivity contribution in [2.45, 2.75) is 44.3 Å². The van der Waals surface area contributed by atoms with Crippen molar-refractivity contribution in [2.75, 3.05) is 13.1 Å². The minimum absolute atomic E-state index is 0.00172. The van der Waals surface area contributed by atoms with E-state index < -0.39 is 23.9 Å². The number of nitrogens with one attached hydrogen (secondary N) is 2. The molecule has 2 N–H and O–H groups in total. The topological polar surface area (TPSA) is 70.7 Å². The predicted octanol–water partition coefficient (Wildman–Crippen LogP) is 4.64. The lowest BCUT2D eigenvalue weighted by molar-refractivity contribution is -0.274. The molecule has 3 aromatic rings. The SMILES string of the molecule is O=C(NC1CCNCC1C(=O)N(Cc1cccc2ccccc12)C1CC1)c1ccc(OC(F)(F)F)cc1. The van der Waals surface area contributed by atoms with Crippen molar-refractivity contribution in [3.8, 4) is 5.75 Å². The molecule has 2 aliphatic rings. The summed E-state index contributed by atoms with van der Waals surface area (Å²) in [6.45, 7) is 1.60. The molecule has 0 spiro atoms. The van der Waals surface area contributed by atoms with Crippen molar-refractivity contribution in [3.63, 3.8) is 0 Å². The summed E-state index contributed by atoms with van der Waals surface area (Å²) in [5, 5.41) is 8.47. The quantitative estimate of drug-likeness (QED) is 0.485. The second kappa shape index (κ2) is 10.4. The summed E-state index contributed by atoms with van der Waals surface area (Å²) in [4.78, 5) is 28.7. The maximum Gasteiger partial charge on any atom is 0.573 e. The van der Waals surface area contributed by atoms with Crippen LogP contribution in [0.4, 0.5) is 13.2 Å². The molecule has 3 aromatic carbocycles. The first kappa shape index (κ1) is 25.1. The molecule has 5 rings (SSSR count). The highest BCUT2D eigenvalue weighted by molar-refractivity contribution is 5.95. The van der Waals surface area contributed by atoms with Gasteiger partial charge in [-0.2, -0.15) is 0 Å². The standard InChI is InChI=1S/C28H28F3N3O3/c29-28(30,31)37-22-12-8-19(9-13-22)26(35)33-25-14-15-32-16-24(25)27(36)34(21-10-11-21)17-20-6-3-5-18-4-1-2-7-23(18)20/h1-9,12-13,21,24-25,32H,10-11,14-17H2,(H,33,35). The maximum absolute atomic E-state index is 13.8. The first-order valence-electron chi connectivity index (χ1n) is 12.4. The molecule has 2 amide bonds. The molecule has 2 atom stereocenters. The molecule has 6 nitrogen and oxygen atoms in total. The largest absolute Gasteiger partial charge is 0.573 e. The van der Waals surface area contributed by atoms with Crippen LogP contribution >= 0.6 is 0 Å². The molecule has 194 valence electrons. The zero-order chi connectivity index (χ0) is 26.0. The van der Waals surface area contributed by atoms with Crippen molar-refractivity contribution in [3.05, 3.63) is 77.9 Å². The number of rotatable bonds is 7. The number of piperidine rings is 1. The van der Waals surface area contributed by atoms with Crippen molar-refractivity contribution in [1.82, 2.24) is 15.5 Å². The van der Waals surface area contributed by atoms with Gasteiger partial charge in [0, 0.05) is 30.7 Å². The average Bonchev–Trinajstić information content (AvgIpc) is 3.72. The number of hydrogen-bond acceptors (Lipinski definition) is 4. The number of hydrogen-bond donors (Lipinski definition) is 2. The van der Waals surface area contributed by atoms with Crippen LogP contribution in [-0.2, 0) is 11.3 Å². The lowest BCUT2D eigenvalue weighted by Crippen LogP contribution is -2.55. The van der Waals surface area contributed by atoms with E-state index in [4.69, 9.17) is 0 Å². The van der Waals surface area contributed by atoms with Crippen molar-refractivity contribution < 1.29 is 27.5 Å². The van der Waals surface area contributed by atoms with Crippen molar-refractivity contribution >= 4 is 22.6 Å². The normalized spacial score (nSPS) is 19.9. The Balaban J connectivity index is 1.30. The van der Waals surface area contributed by atoms with E-state index in [-0.39, 0.29) is 23.6 Å². The molecule has 1 saturated heterocycles. The van der Waals surface area contributed by atoms with Gasteiger partial charge in [0.1, 0.15) is 5.75 Å². The Labute approximate surface area is 212 Å². The van der Waals surface area contributed by atoms with Crippen LogP contribution in [0.3, 0.4) is 0 Å². The van der Waals surface area contributed by atoms with Crippen LogP contribution in [0.25, 0.3) is 10.8 Å². The van der Waals surface area contributed by atoms with Gasteiger partial charge in [-0.1, -0.05) is 42.5 Å². The summed E-state index contributed by atoms with van der Waals surface area (Å²) < 4.78 is 41.2. The number of amides is 2. The highest BCUT2D eigenvalue weighted by atomic mass is 19.4. The Bertz CT molecular complexity index is 1270. The number of carbonyl (C=O) groups is 2. The van der Waals surface area contributed by atoms with E-state index >= 15 is 0 Å². The van der Waals surface area contributed by atoms with Gasteiger partial charge in [-0.25, -0.2) is 0 Å². The molecular weight excluding hydrogens is 483 g/mol. The number of fused-ring (bicyclic) bond motifs is 1. The van der Waals surface area contributed by atoms with Gasteiger partial charge in [0.05, 0.1) is 5.92 Å². The van der Waals surface area contributed by atoms with Gasteiger partial charge >= 0.3 is 6.36 Å². The average molecular weight is 512 g/mol. The molecule has 1 aliphatic heterocycles. The van der Waals surface area contributed by atoms with Gasteiger partial charge in [-0.15, -0.1) is 13.2 Å². The van der Waals surface area contributed by atoms with E-state index in [0.29, 0.717) is 26.1 Å². The summed E-state index contributed by atoms with van der Waals surface area (Å²) in [5.41, 5.74) is 1.29. The lowest BCUT2D eigenvalue weighted by Gasteiger charge is -2.36. The maximum atomic E-state index is 13.8. The number of benzene rings is 3. The Morgan fingerprint density at radius 3 is 2.43 bits per heavy atom. The molecule has 1 heterocycles. The first-order chi connectivity index (χ1) is 17.8. The van der Waals surface area contributed by atoms with Gasteiger partial charge in [-0.3, -0.25) is 9.59 Å². The van der Waals surface area contributed by atoms with E-state index in [1.54, 1.807) is 0 Å². The minimum atomic E-state index is -4.80. The molecule has 0 radical (unpaired) electrons. The Hall–Kier alpha value is -3.59. The Morgan fingerprint density at radius 1 is 0.973 bits per heavy atom. The van der Waals surface area contributed by atoms with Crippen molar-refractivity contribution in [2.24, 2.45) is 5.92 Å². The van der Waals surface area contributed by atoms with E-state index in [9.17, 15) is 22.8 Å². The second-order valence-corrected chi connectivity index (χ2v) is 9.59. The van der Waals surface area contributed by atoms with Crippen LogP contribution in [0.15, 0.2) is 66.7 Å². The van der Waals surface area contributed by atoms with E-state index in [2.05, 4.69) is 39.6 Å². The van der Waals surface area contributed by atoms with Crippen LogP contribution in [0, 0.1) is 5.92 Å². The zero-order valence-corrected chi connectivity index (χ0v) is 20.1. The summed E-state index contributed by atoms with van der Waals surface area (Å²) in [5.74, 6) is -1.27. The van der Waals surface area contributed by atoms with E-state index in [0.717, 1.165) is 41.3 Å². The van der Waals surface area contributed by atoms with Crippen LogP contribution in [-0.4, -0.2) is 48.2 Å². The van der Waals surface area contributed by atoms with Gasteiger partial charge in [0.2, 0.25) is 5.91 Å². The summed E-state index contributed by atoms with van der Waals surface area (Å²) in [6.07, 6.45) is -2.31. The molecule has 0 bridgehead atoms. The third kappa shape index (κ3) is 6.05. The van der Waals surface area contributed by atoms with Crippen molar-refractivity contribution in [1.29, 1.82) is 0 Å². The lowest BCUT2D eigenvalue weighted by atomic mass is 9.91. The van der Waals surface area contributed by atoms with Crippen LogP contribution in [0.2, 0.25) is 0 Å². The van der Waals surface area contributed by atoms with Crippen LogP contribution in [0.1, 0.15) is 35.2 Å². The molecule has 2 fully saturated rings. The number of alkyl halides is 3. The minimum Gasteiger partial charge on any atom is -0.406 e. The fraction of sp³-hybridized carbons (Fsp3) is 0.357. The molecule has 0 aromatic heterocycles. The second-order valence-electron chi connectivity index (χ2n) is 9.59. The Kier molecular flexibility index (Phi) is 7.06. The Morgan fingerprint density at radius 2 is 1.70 bits per heavy atom. The highest BCUT2D eigenvalue weighted by Gasteiger charge is 2.40. The van der Waals surface area contributed by atoms with Crippen LogP contribution < -0.4 is 15.4 Å².